The van der Waals surface area contributed by atoms with Gasteiger partial charge in [0.1, 0.15) is 5.75 Å². The topological polar surface area (TPSA) is 55.8 Å². The van der Waals surface area contributed by atoms with Crippen LogP contribution in [-0.2, 0) is 14.8 Å². The van der Waals surface area contributed by atoms with Crippen LogP contribution in [0.4, 0.5) is 0 Å². The minimum atomic E-state index is -3.46. The van der Waals surface area contributed by atoms with Crippen LogP contribution in [-0.4, -0.2) is 51.4 Å². The molecule has 27 heavy (non-hydrogen) atoms. The summed E-state index contributed by atoms with van der Waals surface area (Å²) in [4.78, 5) is 1.56. The highest BCUT2D eigenvalue weighted by molar-refractivity contribution is 7.99. The van der Waals surface area contributed by atoms with Crippen molar-refractivity contribution in [3.8, 4) is 5.75 Å². The lowest BCUT2D eigenvalue weighted by Crippen LogP contribution is -2.40. The Morgan fingerprint density at radius 2 is 1.78 bits per heavy atom. The van der Waals surface area contributed by atoms with Gasteiger partial charge in [0, 0.05) is 23.7 Å². The Kier molecular flexibility index (Phi) is 6.81. The lowest BCUT2D eigenvalue weighted by molar-refractivity contribution is 0.0730. The highest BCUT2D eigenvalue weighted by atomic mass is 32.2. The van der Waals surface area contributed by atoms with Gasteiger partial charge >= 0.3 is 0 Å². The number of nitrogens with zero attached hydrogens (tertiary/aromatic N) is 1. The molecule has 0 aliphatic carbocycles. The molecule has 0 atom stereocenters. The van der Waals surface area contributed by atoms with Crippen LogP contribution in [0.5, 0.6) is 5.75 Å². The quantitative estimate of drug-likeness (QED) is 0.519. The van der Waals surface area contributed by atoms with E-state index in [4.69, 9.17) is 9.47 Å². The molecule has 1 fully saturated rings. The van der Waals surface area contributed by atoms with Crippen LogP contribution in [0.25, 0.3) is 0 Å². The van der Waals surface area contributed by atoms with Crippen molar-refractivity contribution in [1.29, 1.82) is 0 Å². The molecule has 0 unspecified atom stereocenters. The summed E-state index contributed by atoms with van der Waals surface area (Å²) in [5.74, 6) is 1.51. The molecule has 0 radical (unpaired) electrons. The first-order chi connectivity index (χ1) is 13.0. The third-order valence-corrected chi connectivity index (χ3v) is 7.42. The molecule has 1 aliphatic rings. The molecule has 3 rings (SSSR count). The fourth-order valence-electron chi connectivity index (χ4n) is 2.82. The number of hydrogen-bond acceptors (Lipinski definition) is 5. The second-order valence-electron chi connectivity index (χ2n) is 6.45. The summed E-state index contributed by atoms with van der Waals surface area (Å²) in [5, 5.41) is 0. The van der Waals surface area contributed by atoms with Gasteiger partial charge in [-0.3, -0.25) is 0 Å². The fourth-order valence-corrected chi connectivity index (χ4v) is 5.18. The number of morpholine rings is 1. The molecule has 0 spiro atoms. The lowest BCUT2D eigenvalue weighted by atomic mass is 10.2. The van der Waals surface area contributed by atoms with Crippen LogP contribution in [0.15, 0.2) is 52.3 Å². The van der Waals surface area contributed by atoms with E-state index >= 15 is 0 Å². The molecule has 0 saturated carbocycles. The summed E-state index contributed by atoms with van der Waals surface area (Å²) in [6.45, 7) is 6.44. The molecule has 1 aliphatic heterocycles. The zero-order chi connectivity index (χ0) is 19.3. The monoisotopic (exact) mass is 407 g/mol. The first-order valence-electron chi connectivity index (χ1n) is 8.97. The number of sulfonamides is 1. The maximum absolute atomic E-state index is 12.6. The van der Waals surface area contributed by atoms with Crippen molar-refractivity contribution >= 4 is 21.8 Å². The first kappa shape index (κ1) is 20.2. The molecule has 1 heterocycles. The zero-order valence-corrected chi connectivity index (χ0v) is 17.3. The summed E-state index contributed by atoms with van der Waals surface area (Å²) < 4.78 is 37.7. The van der Waals surface area contributed by atoms with Gasteiger partial charge in [0.2, 0.25) is 10.0 Å². The molecule has 0 aromatic heterocycles. The predicted octanol–water partition coefficient (Wildman–Crippen LogP) is 3.50. The van der Waals surface area contributed by atoms with Crippen LogP contribution in [0, 0.1) is 13.8 Å². The van der Waals surface area contributed by atoms with Gasteiger partial charge in [-0.15, -0.1) is 11.8 Å². The summed E-state index contributed by atoms with van der Waals surface area (Å²) >= 11 is 1.77. The summed E-state index contributed by atoms with van der Waals surface area (Å²) in [6.07, 6.45) is 0. The van der Waals surface area contributed by atoms with Gasteiger partial charge < -0.3 is 9.47 Å². The molecule has 0 bridgehead atoms. The molecule has 7 heteroatoms. The van der Waals surface area contributed by atoms with Gasteiger partial charge in [-0.1, -0.05) is 17.7 Å². The van der Waals surface area contributed by atoms with Crippen molar-refractivity contribution in [3.05, 3.63) is 53.6 Å². The molecular formula is C20H25NO4S2. The van der Waals surface area contributed by atoms with E-state index in [-0.39, 0.29) is 0 Å². The molecule has 0 amide bonds. The van der Waals surface area contributed by atoms with Crippen molar-refractivity contribution in [2.24, 2.45) is 0 Å². The van der Waals surface area contributed by atoms with Crippen LogP contribution in [0.1, 0.15) is 11.1 Å². The Morgan fingerprint density at radius 1 is 1.07 bits per heavy atom. The molecular weight excluding hydrogens is 382 g/mol. The molecule has 146 valence electrons. The molecule has 0 N–H and O–H groups in total. The SMILES string of the molecule is Cc1ccc(C)c(SCCOc2ccc(S(=O)(=O)N3CCOCC3)cc2)c1. The average molecular weight is 408 g/mol. The minimum absolute atomic E-state index is 0.293. The molecule has 2 aromatic rings. The van der Waals surface area contributed by atoms with Gasteiger partial charge in [0.05, 0.1) is 24.7 Å². The molecule has 5 nitrogen and oxygen atoms in total. The first-order valence-corrected chi connectivity index (χ1v) is 11.4. The second kappa shape index (κ2) is 9.10. The minimum Gasteiger partial charge on any atom is -0.493 e. The zero-order valence-electron chi connectivity index (χ0n) is 15.7. The number of rotatable bonds is 7. The summed E-state index contributed by atoms with van der Waals surface area (Å²) in [6, 6.07) is 13.1. The normalized spacial score (nSPS) is 15.6. The van der Waals surface area contributed by atoms with E-state index in [2.05, 4.69) is 32.0 Å². The average Bonchev–Trinajstić information content (AvgIpc) is 2.69. The Balaban J connectivity index is 1.52. The Labute approximate surface area is 165 Å². The number of thioether (sulfide) groups is 1. The van der Waals surface area contributed by atoms with Crippen molar-refractivity contribution < 1.29 is 17.9 Å². The molecule has 1 saturated heterocycles. The van der Waals surface area contributed by atoms with Gasteiger partial charge in [-0.2, -0.15) is 4.31 Å². The van der Waals surface area contributed by atoms with Crippen molar-refractivity contribution in [2.45, 2.75) is 23.6 Å². The van der Waals surface area contributed by atoms with Crippen LogP contribution in [0.3, 0.4) is 0 Å². The highest BCUT2D eigenvalue weighted by Crippen LogP contribution is 2.24. The predicted molar refractivity (Wildman–Crippen MR) is 108 cm³/mol. The number of aryl methyl sites for hydroxylation is 2. The number of hydrogen-bond donors (Lipinski definition) is 0. The largest absolute Gasteiger partial charge is 0.493 e. The molecule has 2 aromatic carbocycles. The highest BCUT2D eigenvalue weighted by Gasteiger charge is 2.26. The Hall–Kier alpha value is -1.54. The smallest absolute Gasteiger partial charge is 0.243 e. The van der Waals surface area contributed by atoms with Gasteiger partial charge in [0.15, 0.2) is 0 Å². The van der Waals surface area contributed by atoms with Crippen molar-refractivity contribution in [1.82, 2.24) is 4.31 Å². The third kappa shape index (κ3) is 5.25. The number of benzene rings is 2. The summed E-state index contributed by atoms with van der Waals surface area (Å²) in [5.41, 5.74) is 2.52. The van der Waals surface area contributed by atoms with E-state index < -0.39 is 10.0 Å². The van der Waals surface area contributed by atoms with Gasteiger partial charge in [0.25, 0.3) is 0 Å². The Bertz CT molecular complexity index is 860. The van der Waals surface area contributed by atoms with E-state index in [1.54, 1.807) is 36.0 Å². The summed E-state index contributed by atoms with van der Waals surface area (Å²) in [7, 11) is -3.46. The maximum Gasteiger partial charge on any atom is 0.243 e. The van der Waals surface area contributed by atoms with E-state index in [1.165, 1.54) is 20.3 Å². The Morgan fingerprint density at radius 3 is 2.48 bits per heavy atom. The maximum atomic E-state index is 12.6. The van der Waals surface area contributed by atoms with Crippen LogP contribution in [0.2, 0.25) is 0 Å². The van der Waals surface area contributed by atoms with E-state index in [9.17, 15) is 8.42 Å². The van der Waals surface area contributed by atoms with Gasteiger partial charge in [-0.25, -0.2) is 8.42 Å². The second-order valence-corrected chi connectivity index (χ2v) is 9.53. The lowest BCUT2D eigenvalue weighted by Gasteiger charge is -2.26. The van der Waals surface area contributed by atoms with Crippen molar-refractivity contribution in [2.75, 3.05) is 38.7 Å². The van der Waals surface area contributed by atoms with Crippen LogP contribution >= 0.6 is 11.8 Å². The fraction of sp³-hybridized carbons (Fsp3) is 0.400. The van der Waals surface area contributed by atoms with Gasteiger partial charge in [-0.05, 0) is 49.7 Å². The third-order valence-electron chi connectivity index (χ3n) is 4.38. The van der Waals surface area contributed by atoms with Crippen LogP contribution < -0.4 is 4.74 Å². The van der Waals surface area contributed by atoms with E-state index in [0.29, 0.717) is 43.6 Å². The standard InChI is InChI=1S/C20H25NO4S2/c1-16-3-4-17(2)20(15-16)26-14-13-25-18-5-7-19(8-6-18)27(22,23)21-9-11-24-12-10-21/h3-8,15H,9-14H2,1-2H3. The number of ether oxygens (including phenoxy) is 2. The van der Waals surface area contributed by atoms with Crippen molar-refractivity contribution in [3.63, 3.8) is 0 Å². The van der Waals surface area contributed by atoms with E-state index in [1.807, 2.05) is 0 Å². The van der Waals surface area contributed by atoms with E-state index in [0.717, 1.165) is 5.75 Å².